The Morgan fingerprint density at radius 3 is 2.46 bits per heavy atom. The lowest BCUT2D eigenvalue weighted by molar-refractivity contribution is -0.534. The van der Waals surface area contributed by atoms with E-state index in [0.717, 1.165) is 35.1 Å². The summed E-state index contributed by atoms with van der Waals surface area (Å²) in [5.74, 6) is 1.26. The van der Waals surface area contributed by atoms with Crippen LogP contribution in [0.4, 0.5) is 5.69 Å². The molecule has 0 saturated carbocycles. The fraction of sp³-hybridized carbons (Fsp3) is 0.409. The molecule has 0 fully saturated rings. The second-order valence-corrected chi connectivity index (χ2v) is 8.24. The Morgan fingerprint density at radius 2 is 1.77 bits per heavy atom. The number of halogens is 1. The quantitative estimate of drug-likeness (QED) is 0.740. The molecule has 2 heterocycles. The molecular weight excluding hydrogens is 388 g/mol. The Bertz CT molecular complexity index is 813. The van der Waals surface area contributed by atoms with E-state index < -0.39 is 5.72 Å². The van der Waals surface area contributed by atoms with Crippen LogP contribution in [0.15, 0.2) is 53.0 Å². The maximum Gasteiger partial charge on any atom is 0.275 e. The number of aliphatic hydroxyl groups is 1. The first-order valence-electron chi connectivity index (χ1n) is 9.60. The van der Waals surface area contributed by atoms with Crippen molar-refractivity contribution in [3.63, 3.8) is 0 Å². The van der Waals surface area contributed by atoms with Gasteiger partial charge in [0.1, 0.15) is 5.69 Å². The molecule has 0 aliphatic carbocycles. The molecule has 1 N–H and O–H groups in total. The molecule has 3 nitrogen and oxygen atoms in total. The molecule has 0 saturated heterocycles. The third-order valence-corrected chi connectivity index (χ3v) is 6.17. The average Bonchev–Trinajstić information content (AvgIpc) is 2.80. The van der Waals surface area contributed by atoms with E-state index in [4.69, 9.17) is 0 Å². The zero-order valence-electron chi connectivity index (χ0n) is 15.3. The van der Waals surface area contributed by atoms with Crippen LogP contribution in [0.1, 0.15) is 43.7 Å². The molecule has 1 unspecified atom stereocenters. The van der Waals surface area contributed by atoms with Crippen LogP contribution in [-0.2, 0) is 12.1 Å². The second-order valence-electron chi connectivity index (χ2n) is 7.33. The Balaban J connectivity index is 1.80. The van der Waals surface area contributed by atoms with Gasteiger partial charge in [0.05, 0.1) is 6.54 Å². The Kier molecular flexibility index (Phi) is 4.89. The molecule has 1 atom stereocenters. The number of nitrogens with zero attached hydrogens (tertiary/aromatic N) is 2. The lowest BCUT2D eigenvalue weighted by Gasteiger charge is -2.29. The van der Waals surface area contributed by atoms with E-state index in [1.165, 1.54) is 30.7 Å². The molecule has 0 spiro atoms. The number of rotatable bonds is 3. The highest BCUT2D eigenvalue weighted by atomic mass is 79.9. The number of anilines is 1. The lowest BCUT2D eigenvalue weighted by Crippen LogP contribution is -2.47. The Hall–Kier alpha value is -1.65. The van der Waals surface area contributed by atoms with E-state index in [2.05, 4.69) is 80.9 Å². The van der Waals surface area contributed by atoms with Crippen LogP contribution in [0, 0.1) is 0 Å². The average molecular weight is 414 g/mol. The third-order valence-electron chi connectivity index (χ3n) is 5.64. The number of aryl methyl sites for hydroxylation is 1. The molecule has 2 aliphatic heterocycles. The van der Waals surface area contributed by atoms with Crippen molar-refractivity contribution >= 4 is 27.5 Å². The van der Waals surface area contributed by atoms with E-state index in [0.29, 0.717) is 6.54 Å². The third kappa shape index (κ3) is 3.10. The normalized spacial score (nSPS) is 23.1. The topological polar surface area (TPSA) is 26.5 Å². The monoisotopic (exact) mass is 413 g/mol. The first-order valence-corrected chi connectivity index (χ1v) is 10.4. The standard InChI is InChI=1S/C22H26BrN2O/c1-2-17-7-9-18(10-8-17)22(26)16-24-15-5-3-4-6-21(24)25(22)20-13-11-19(23)12-14-20/h7-14,26H,2-6,15-16H2,1H3/q+1. The molecule has 0 aromatic heterocycles. The maximum absolute atomic E-state index is 11.9. The summed E-state index contributed by atoms with van der Waals surface area (Å²) in [7, 11) is 0. The van der Waals surface area contributed by atoms with Crippen LogP contribution in [0.2, 0.25) is 0 Å². The molecule has 136 valence electrons. The molecule has 4 rings (SSSR count). The van der Waals surface area contributed by atoms with Crippen molar-refractivity contribution in [1.29, 1.82) is 0 Å². The minimum atomic E-state index is -1.02. The van der Waals surface area contributed by atoms with Crippen LogP contribution in [0.25, 0.3) is 0 Å². The SMILES string of the molecule is CCc1ccc(C2(O)C[N+]3=C(CCCCC3)N2c2ccc(Br)cc2)cc1. The second kappa shape index (κ2) is 7.16. The van der Waals surface area contributed by atoms with Gasteiger partial charge in [-0.05, 0) is 55.5 Å². The Morgan fingerprint density at radius 1 is 1.04 bits per heavy atom. The van der Waals surface area contributed by atoms with Crippen molar-refractivity contribution in [3.05, 3.63) is 64.1 Å². The molecule has 4 heteroatoms. The van der Waals surface area contributed by atoms with Gasteiger partial charge in [-0.3, -0.25) is 4.58 Å². The van der Waals surface area contributed by atoms with Crippen LogP contribution in [-0.4, -0.2) is 28.6 Å². The Labute approximate surface area is 164 Å². The van der Waals surface area contributed by atoms with Crippen molar-refractivity contribution in [2.75, 3.05) is 18.0 Å². The number of hydrogen-bond acceptors (Lipinski definition) is 2. The van der Waals surface area contributed by atoms with Gasteiger partial charge in [0.15, 0.2) is 6.54 Å². The van der Waals surface area contributed by atoms with Gasteiger partial charge in [0.2, 0.25) is 0 Å². The zero-order chi connectivity index (χ0) is 18.1. The van der Waals surface area contributed by atoms with Gasteiger partial charge in [0, 0.05) is 16.5 Å². The molecule has 2 aliphatic rings. The predicted octanol–water partition coefficient (Wildman–Crippen LogP) is 4.66. The molecule has 26 heavy (non-hydrogen) atoms. The smallest absolute Gasteiger partial charge is 0.275 e. The van der Waals surface area contributed by atoms with Gasteiger partial charge in [0.25, 0.3) is 11.6 Å². The summed E-state index contributed by atoms with van der Waals surface area (Å²) in [5.41, 5.74) is 2.30. The minimum absolute atomic E-state index is 0.629. The predicted molar refractivity (Wildman–Crippen MR) is 110 cm³/mol. The first-order chi connectivity index (χ1) is 12.6. The van der Waals surface area contributed by atoms with E-state index in [1.807, 2.05) is 0 Å². The number of hydrogen-bond donors (Lipinski definition) is 1. The lowest BCUT2D eigenvalue weighted by atomic mass is 9.98. The van der Waals surface area contributed by atoms with Crippen molar-refractivity contribution in [2.45, 2.75) is 44.8 Å². The van der Waals surface area contributed by atoms with Crippen molar-refractivity contribution in [3.8, 4) is 0 Å². The van der Waals surface area contributed by atoms with Crippen molar-refractivity contribution < 1.29 is 9.68 Å². The van der Waals surface area contributed by atoms with Gasteiger partial charge in [-0.25, -0.2) is 0 Å². The van der Waals surface area contributed by atoms with E-state index in [9.17, 15) is 5.11 Å². The van der Waals surface area contributed by atoms with Crippen LogP contribution in [0.3, 0.4) is 0 Å². The molecule has 0 bridgehead atoms. The molecular formula is C22H26BrN2O+. The summed E-state index contributed by atoms with van der Waals surface area (Å²) in [4.78, 5) is 2.17. The summed E-state index contributed by atoms with van der Waals surface area (Å²) < 4.78 is 3.45. The summed E-state index contributed by atoms with van der Waals surface area (Å²) in [5, 5.41) is 11.9. The maximum atomic E-state index is 11.9. The van der Waals surface area contributed by atoms with Gasteiger partial charge in [-0.2, -0.15) is 4.90 Å². The van der Waals surface area contributed by atoms with Gasteiger partial charge in [-0.1, -0.05) is 47.1 Å². The number of benzene rings is 2. The summed E-state index contributed by atoms with van der Waals surface area (Å²) in [6.07, 6.45) is 5.67. The van der Waals surface area contributed by atoms with E-state index in [1.54, 1.807) is 0 Å². The van der Waals surface area contributed by atoms with Gasteiger partial charge < -0.3 is 5.11 Å². The van der Waals surface area contributed by atoms with Crippen molar-refractivity contribution in [2.24, 2.45) is 0 Å². The summed E-state index contributed by atoms with van der Waals surface area (Å²) in [6.45, 7) is 3.81. The fourth-order valence-electron chi connectivity index (χ4n) is 4.20. The van der Waals surface area contributed by atoms with Gasteiger partial charge in [-0.15, -0.1) is 0 Å². The van der Waals surface area contributed by atoms with Crippen LogP contribution >= 0.6 is 15.9 Å². The number of amidine groups is 1. The largest absolute Gasteiger partial charge is 0.346 e. The molecule has 2 aromatic rings. The highest BCUT2D eigenvalue weighted by Crippen LogP contribution is 2.38. The van der Waals surface area contributed by atoms with Gasteiger partial charge >= 0.3 is 0 Å². The fourth-order valence-corrected chi connectivity index (χ4v) is 4.47. The zero-order valence-corrected chi connectivity index (χ0v) is 16.9. The highest BCUT2D eigenvalue weighted by molar-refractivity contribution is 9.10. The van der Waals surface area contributed by atoms with E-state index in [-0.39, 0.29) is 0 Å². The highest BCUT2D eigenvalue weighted by Gasteiger charge is 2.53. The summed E-state index contributed by atoms with van der Waals surface area (Å²) in [6, 6.07) is 16.8. The molecule has 0 amide bonds. The van der Waals surface area contributed by atoms with Crippen molar-refractivity contribution in [1.82, 2.24) is 0 Å². The minimum Gasteiger partial charge on any atom is -0.346 e. The van der Waals surface area contributed by atoms with Crippen LogP contribution < -0.4 is 4.90 Å². The molecule has 2 aromatic carbocycles. The first kappa shape index (κ1) is 17.7. The van der Waals surface area contributed by atoms with E-state index >= 15 is 0 Å². The molecule has 0 radical (unpaired) electrons. The van der Waals surface area contributed by atoms with Crippen LogP contribution in [0.5, 0.6) is 0 Å². The summed E-state index contributed by atoms with van der Waals surface area (Å²) >= 11 is 3.53.